The number of H-pyrrole nitrogens is 1. The molecule has 19 heavy (non-hydrogen) atoms. The summed E-state index contributed by atoms with van der Waals surface area (Å²) in [7, 11) is 0. The number of rotatable bonds is 3. The maximum Gasteiger partial charge on any atom is 0.342 e. The molecule has 0 amide bonds. The van der Waals surface area contributed by atoms with Crippen LogP contribution in [0.3, 0.4) is 0 Å². The molecule has 2 rings (SSSR count). The summed E-state index contributed by atoms with van der Waals surface area (Å²) < 4.78 is 5.01. The molecular weight excluding hydrogens is 268 g/mol. The SMILES string of the molecule is CCOC(=O)c1c(NC(=N)N)[nH]c2ccccc12.Cl. The smallest absolute Gasteiger partial charge is 0.342 e. The molecule has 0 unspecified atom stereocenters. The van der Waals surface area contributed by atoms with E-state index in [1.807, 2.05) is 24.3 Å². The molecule has 0 saturated carbocycles. The molecule has 0 spiro atoms. The van der Waals surface area contributed by atoms with Crippen molar-refractivity contribution in [3.8, 4) is 0 Å². The lowest BCUT2D eigenvalue weighted by Gasteiger charge is -2.05. The molecule has 0 bridgehead atoms. The second kappa shape index (κ2) is 6.10. The summed E-state index contributed by atoms with van der Waals surface area (Å²) in [5, 5.41) is 10.6. The lowest BCUT2D eigenvalue weighted by Crippen LogP contribution is -2.22. The van der Waals surface area contributed by atoms with Crippen molar-refractivity contribution in [2.45, 2.75) is 6.92 Å². The number of benzene rings is 1. The lowest BCUT2D eigenvalue weighted by atomic mass is 10.1. The number of hydrogen-bond donors (Lipinski definition) is 4. The summed E-state index contributed by atoms with van der Waals surface area (Å²) in [6, 6.07) is 7.33. The fourth-order valence-corrected chi connectivity index (χ4v) is 1.79. The molecule has 0 saturated heterocycles. The van der Waals surface area contributed by atoms with Gasteiger partial charge in [0, 0.05) is 10.9 Å². The molecule has 6 nitrogen and oxygen atoms in total. The number of ether oxygens (including phenoxy) is 1. The van der Waals surface area contributed by atoms with E-state index in [0.717, 1.165) is 10.9 Å². The van der Waals surface area contributed by atoms with E-state index in [9.17, 15) is 4.79 Å². The number of para-hydroxylation sites is 1. The van der Waals surface area contributed by atoms with Crippen molar-refractivity contribution in [1.29, 1.82) is 5.41 Å². The van der Waals surface area contributed by atoms with Crippen molar-refractivity contribution in [2.24, 2.45) is 5.73 Å². The Balaban J connectivity index is 0.00000180. The second-order valence-electron chi connectivity index (χ2n) is 3.68. The van der Waals surface area contributed by atoms with E-state index < -0.39 is 5.97 Å². The molecule has 0 radical (unpaired) electrons. The van der Waals surface area contributed by atoms with Crippen molar-refractivity contribution in [2.75, 3.05) is 11.9 Å². The third kappa shape index (κ3) is 2.97. The fraction of sp³-hybridized carbons (Fsp3) is 0.167. The van der Waals surface area contributed by atoms with Crippen LogP contribution in [0.4, 0.5) is 5.82 Å². The van der Waals surface area contributed by atoms with E-state index in [2.05, 4.69) is 10.3 Å². The number of nitrogens with two attached hydrogens (primary N) is 1. The van der Waals surface area contributed by atoms with Gasteiger partial charge in [-0.25, -0.2) is 4.79 Å². The number of carbonyl (C=O) groups is 1. The van der Waals surface area contributed by atoms with Crippen LogP contribution in [-0.2, 0) is 4.74 Å². The van der Waals surface area contributed by atoms with Crippen molar-refractivity contribution >= 4 is 41.1 Å². The number of aromatic amines is 1. The van der Waals surface area contributed by atoms with Crippen LogP contribution >= 0.6 is 12.4 Å². The van der Waals surface area contributed by atoms with Gasteiger partial charge in [-0.2, -0.15) is 0 Å². The van der Waals surface area contributed by atoms with Crippen molar-refractivity contribution in [3.05, 3.63) is 29.8 Å². The van der Waals surface area contributed by atoms with E-state index in [1.54, 1.807) is 6.92 Å². The monoisotopic (exact) mass is 282 g/mol. The molecule has 0 aliphatic heterocycles. The van der Waals surface area contributed by atoms with Gasteiger partial charge in [0.25, 0.3) is 0 Å². The van der Waals surface area contributed by atoms with Crippen LogP contribution in [0, 0.1) is 5.41 Å². The van der Waals surface area contributed by atoms with Gasteiger partial charge in [-0.3, -0.25) is 5.41 Å². The second-order valence-corrected chi connectivity index (χ2v) is 3.68. The fourth-order valence-electron chi connectivity index (χ4n) is 1.79. The largest absolute Gasteiger partial charge is 0.462 e. The number of aromatic nitrogens is 1. The summed E-state index contributed by atoms with van der Waals surface area (Å²) in [5.74, 6) is -0.312. The first-order valence-electron chi connectivity index (χ1n) is 5.52. The number of esters is 1. The normalized spacial score (nSPS) is 9.74. The number of halogens is 1. The van der Waals surface area contributed by atoms with Crippen molar-refractivity contribution in [3.63, 3.8) is 0 Å². The Labute approximate surface area is 116 Å². The number of fused-ring (bicyclic) bond motifs is 1. The van der Waals surface area contributed by atoms with Gasteiger partial charge in [0.05, 0.1) is 6.61 Å². The van der Waals surface area contributed by atoms with Gasteiger partial charge >= 0.3 is 5.97 Å². The van der Waals surface area contributed by atoms with Crippen LogP contribution in [0.5, 0.6) is 0 Å². The molecule has 1 heterocycles. The Kier molecular flexibility index (Phi) is 4.77. The van der Waals surface area contributed by atoms with Gasteiger partial charge in [-0.15, -0.1) is 12.4 Å². The van der Waals surface area contributed by atoms with Crippen LogP contribution in [-0.4, -0.2) is 23.5 Å². The summed E-state index contributed by atoms with van der Waals surface area (Å²) in [5.41, 5.74) is 6.43. The van der Waals surface area contributed by atoms with Crippen LogP contribution in [0.15, 0.2) is 24.3 Å². The molecule has 2 aromatic rings. The standard InChI is InChI=1S/C12H14N4O2.ClH/c1-2-18-11(17)9-7-5-3-4-6-8(7)15-10(9)16-12(13)14;/h3-6,15H,2H2,1H3,(H4,13,14,16);1H. The molecule has 7 heteroatoms. The average molecular weight is 283 g/mol. The zero-order valence-corrected chi connectivity index (χ0v) is 11.1. The van der Waals surface area contributed by atoms with E-state index in [1.165, 1.54) is 0 Å². The molecular formula is C12H15ClN4O2. The predicted octanol–water partition coefficient (Wildman–Crippen LogP) is 2.07. The maximum atomic E-state index is 11.9. The lowest BCUT2D eigenvalue weighted by molar-refractivity contribution is 0.0530. The number of anilines is 1. The van der Waals surface area contributed by atoms with Gasteiger partial charge in [-0.05, 0) is 13.0 Å². The van der Waals surface area contributed by atoms with Gasteiger partial charge < -0.3 is 20.8 Å². The molecule has 0 atom stereocenters. The minimum absolute atomic E-state index is 0. The maximum absolute atomic E-state index is 11.9. The molecule has 1 aromatic carbocycles. The Morgan fingerprint density at radius 1 is 1.47 bits per heavy atom. The summed E-state index contributed by atoms with van der Waals surface area (Å²) in [6.07, 6.45) is 0. The van der Waals surface area contributed by atoms with Crippen LogP contribution in [0.2, 0.25) is 0 Å². The third-order valence-electron chi connectivity index (χ3n) is 2.45. The molecule has 5 N–H and O–H groups in total. The highest BCUT2D eigenvalue weighted by Gasteiger charge is 2.19. The first-order valence-corrected chi connectivity index (χ1v) is 5.52. The van der Waals surface area contributed by atoms with E-state index in [-0.39, 0.29) is 25.0 Å². The summed E-state index contributed by atoms with van der Waals surface area (Å²) in [6.45, 7) is 2.03. The minimum Gasteiger partial charge on any atom is -0.462 e. The highest BCUT2D eigenvalue weighted by Crippen LogP contribution is 2.26. The summed E-state index contributed by atoms with van der Waals surface area (Å²) in [4.78, 5) is 14.9. The molecule has 0 aliphatic rings. The van der Waals surface area contributed by atoms with E-state index in [4.69, 9.17) is 15.9 Å². The molecule has 0 aliphatic carbocycles. The quantitative estimate of drug-likeness (QED) is 0.393. The Morgan fingerprint density at radius 3 is 2.79 bits per heavy atom. The Hall–Kier alpha value is -2.21. The van der Waals surface area contributed by atoms with Gasteiger partial charge in [0.1, 0.15) is 11.4 Å². The zero-order valence-electron chi connectivity index (χ0n) is 10.3. The number of hydrogen-bond acceptors (Lipinski definition) is 3. The number of guanidine groups is 1. The number of nitrogens with one attached hydrogen (secondary N) is 3. The topological polar surface area (TPSA) is 104 Å². The van der Waals surface area contributed by atoms with Crippen molar-refractivity contribution in [1.82, 2.24) is 4.98 Å². The van der Waals surface area contributed by atoms with Crippen LogP contribution < -0.4 is 11.1 Å². The highest BCUT2D eigenvalue weighted by molar-refractivity contribution is 6.11. The van der Waals surface area contributed by atoms with Crippen molar-refractivity contribution < 1.29 is 9.53 Å². The van der Waals surface area contributed by atoms with E-state index in [0.29, 0.717) is 11.4 Å². The first kappa shape index (κ1) is 14.8. The van der Waals surface area contributed by atoms with Crippen LogP contribution in [0.25, 0.3) is 10.9 Å². The first-order chi connectivity index (χ1) is 8.63. The van der Waals surface area contributed by atoms with Gasteiger partial charge in [0.15, 0.2) is 5.96 Å². The third-order valence-corrected chi connectivity index (χ3v) is 2.45. The molecule has 0 fully saturated rings. The van der Waals surface area contributed by atoms with Gasteiger partial charge in [-0.1, -0.05) is 18.2 Å². The zero-order chi connectivity index (χ0) is 13.1. The molecule has 102 valence electrons. The highest BCUT2D eigenvalue weighted by atomic mass is 35.5. The molecule has 1 aromatic heterocycles. The van der Waals surface area contributed by atoms with E-state index >= 15 is 0 Å². The Morgan fingerprint density at radius 2 is 2.16 bits per heavy atom. The predicted molar refractivity (Wildman–Crippen MR) is 77.0 cm³/mol. The Bertz CT molecular complexity index is 609. The minimum atomic E-state index is -0.446. The van der Waals surface area contributed by atoms with Crippen LogP contribution in [0.1, 0.15) is 17.3 Å². The van der Waals surface area contributed by atoms with Gasteiger partial charge in [0.2, 0.25) is 0 Å². The number of carbonyl (C=O) groups excluding carboxylic acids is 1. The summed E-state index contributed by atoms with van der Waals surface area (Å²) >= 11 is 0. The average Bonchev–Trinajstić information content (AvgIpc) is 2.66.